The molecule has 1 rings (SSSR count). The molecule has 1 aromatic rings. The molecule has 0 aromatic heterocycles. The Kier molecular flexibility index (Phi) is 4.73. The number of hydroxylamine groups is 2. The highest BCUT2D eigenvalue weighted by Gasteiger charge is 2.24. The monoisotopic (exact) mass is 224 g/mol. The minimum absolute atomic E-state index is 0.0267. The summed E-state index contributed by atoms with van der Waals surface area (Å²) in [5.41, 5.74) is 7.02. The molecule has 0 bridgehead atoms. The second-order valence-electron chi connectivity index (χ2n) is 3.77. The number of methoxy groups -OCH3 is 1. The van der Waals surface area contributed by atoms with E-state index in [2.05, 4.69) is 0 Å². The Labute approximate surface area is 96.9 Å². The zero-order valence-electron chi connectivity index (χ0n) is 10.3. The van der Waals surface area contributed by atoms with Gasteiger partial charge in [0.15, 0.2) is 0 Å². The van der Waals surface area contributed by atoms with Crippen molar-refractivity contribution in [1.29, 1.82) is 0 Å². The molecule has 0 saturated heterocycles. The summed E-state index contributed by atoms with van der Waals surface area (Å²) in [6.45, 7) is 1.95. The maximum Gasteiger partial charge on any atom is 0.123 e. The standard InChI is InChI=1S/C12H20N2O2/c1-9(13)12(14(2)16-4)10-7-5-6-8-11(10)15-3/h5-9,12H,13H2,1-4H3. The maximum absolute atomic E-state index is 5.99. The van der Waals surface area contributed by atoms with Gasteiger partial charge in [0.25, 0.3) is 0 Å². The Bertz CT molecular complexity index is 329. The van der Waals surface area contributed by atoms with E-state index in [1.807, 2.05) is 38.2 Å². The number of hydrogen-bond donors (Lipinski definition) is 1. The number of likely N-dealkylation sites (N-methyl/N-ethyl adjacent to an activating group) is 1. The van der Waals surface area contributed by atoms with Crippen LogP contribution in [0.3, 0.4) is 0 Å². The molecule has 2 N–H and O–H groups in total. The van der Waals surface area contributed by atoms with Crippen LogP contribution >= 0.6 is 0 Å². The summed E-state index contributed by atoms with van der Waals surface area (Å²) in [5.74, 6) is 0.828. The van der Waals surface area contributed by atoms with Gasteiger partial charge in [-0.05, 0) is 13.0 Å². The van der Waals surface area contributed by atoms with E-state index in [4.69, 9.17) is 15.3 Å². The molecule has 0 amide bonds. The molecule has 4 nitrogen and oxygen atoms in total. The third kappa shape index (κ3) is 2.72. The van der Waals surface area contributed by atoms with Crippen molar-refractivity contribution in [3.05, 3.63) is 29.8 Å². The number of ether oxygens (including phenoxy) is 1. The van der Waals surface area contributed by atoms with Crippen molar-refractivity contribution < 1.29 is 9.57 Å². The maximum atomic E-state index is 5.99. The largest absolute Gasteiger partial charge is 0.496 e. The summed E-state index contributed by atoms with van der Waals surface area (Å²) < 4.78 is 5.33. The summed E-state index contributed by atoms with van der Waals surface area (Å²) in [6.07, 6.45) is 0. The summed E-state index contributed by atoms with van der Waals surface area (Å²) in [6, 6.07) is 7.75. The third-order valence-electron chi connectivity index (χ3n) is 2.64. The van der Waals surface area contributed by atoms with E-state index in [1.54, 1.807) is 19.3 Å². The van der Waals surface area contributed by atoms with Crippen molar-refractivity contribution in [2.75, 3.05) is 21.3 Å². The average Bonchev–Trinajstić information content (AvgIpc) is 2.29. The van der Waals surface area contributed by atoms with E-state index in [1.165, 1.54) is 0 Å². The van der Waals surface area contributed by atoms with Crippen molar-refractivity contribution in [3.63, 3.8) is 0 Å². The lowest BCUT2D eigenvalue weighted by Gasteiger charge is -2.30. The second kappa shape index (κ2) is 5.84. The minimum atomic E-state index is -0.0544. The molecule has 90 valence electrons. The molecule has 2 atom stereocenters. The van der Waals surface area contributed by atoms with E-state index < -0.39 is 0 Å². The first-order valence-corrected chi connectivity index (χ1v) is 5.27. The number of rotatable bonds is 5. The van der Waals surface area contributed by atoms with Gasteiger partial charge in [0.2, 0.25) is 0 Å². The van der Waals surface area contributed by atoms with Gasteiger partial charge in [0.05, 0.1) is 20.3 Å². The van der Waals surface area contributed by atoms with Gasteiger partial charge in [0, 0.05) is 18.7 Å². The highest BCUT2D eigenvalue weighted by atomic mass is 16.7. The van der Waals surface area contributed by atoms with E-state index in [0.29, 0.717) is 0 Å². The van der Waals surface area contributed by atoms with Gasteiger partial charge >= 0.3 is 0 Å². The highest BCUT2D eigenvalue weighted by molar-refractivity contribution is 5.36. The molecule has 2 unspecified atom stereocenters. The van der Waals surface area contributed by atoms with Gasteiger partial charge in [0.1, 0.15) is 5.75 Å². The fourth-order valence-corrected chi connectivity index (χ4v) is 1.83. The molecule has 0 aliphatic heterocycles. The second-order valence-corrected chi connectivity index (χ2v) is 3.77. The number of benzene rings is 1. The fraction of sp³-hybridized carbons (Fsp3) is 0.500. The van der Waals surface area contributed by atoms with Crippen LogP contribution in [-0.2, 0) is 4.84 Å². The summed E-state index contributed by atoms with van der Waals surface area (Å²) in [4.78, 5) is 5.23. The quantitative estimate of drug-likeness (QED) is 0.771. The lowest BCUT2D eigenvalue weighted by Crippen LogP contribution is -2.36. The molecule has 0 fully saturated rings. The van der Waals surface area contributed by atoms with Crippen molar-refractivity contribution >= 4 is 0 Å². The van der Waals surface area contributed by atoms with Crippen molar-refractivity contribution in [1.82, 2.24) is 5.06 Å². The van der Waals surface area contributed by atoms with Crippen LogP contribution in [0.2, 0.25) is 0 Å². The summed E-state index contributed by atoms with van der Waals surface area (Å²) >= 11 is 0. The molecule has 0 saturated carbocycles. The van der Waals surface area contributed by atoms with Crippen molar-refractivity contribution in [2.45, 2.75) is 19.0 Å². The highest BCUT2D eigenvalue weighted by Crippen LogP contribution is 2.30. The minimum Gasteiger partial charge on any atom is -0.496 e. The normalized spacial score (nSPS) is 14.9. The Morgan fingerprint density at radius 2 is 1.88 bits per heavy atom. The fourth-order valence-electron chi connectivity index (χ4n) is 1.83. The molecule has 0 aliphatic rings. The summed E-state index contributed by atoms with van der Waals surface area (Å²) in [7, 11) is 5.15. The van der Waals surface area contributed by atoms with Gasteiger partial charge in [-0.3, -0.25) is 0 Å². The van der Waals surface area contributed by atoms with Crippen LogP contribution in [0.4, 0.5) is 0 Å². The zero-order chi connectivity index (χ0) is 12.1. The van der Waals surface area contributed by atoms with Gasteiger partial charge < -0.3 is 15.3 Å². The molecular weight excluding hydrogens is 204 g/mol. The lowest BCUT2D eigenvalue weighted by atomic mass is 10.00. The third-order valence-corrected chi connectivity index (χ3v) is 2.64. The van der Waals surface area contributed by atoms with Crippen LogP contribution < -0.4 is 10.5 Å². The lowest BCUT2D eigenvalue weighted by molar-refractivity contribution is -0.147. The van der Waals surface area contributed by atoms with Gasteiger partial charge in [-0.2, -0.15) is 5.06 Å². The average molecular weight is 224 g/mol. The SMILES string of the molecule is COc1ccccc1C(C(C)N)N(C)OC. The van der Waals surface area contributed by atoms with Crippen LogP contribution in [0.25, 0.3) is 0 Å². The smallest absolute Gasteiger partial charge is 0.123 e. The molecule has 0 radical (unpaired) electrons. The predicted molar refractivity (Wildman–Crippen MR) is 64.2 cm³/mol. The van der Waals surface area contributed by atoms with Gasteiger partial charge in [-0.25, -0.2) is 0 Å². The number of nitrogens with zero attached hydrogens (tertiary/aromatic N) is 1. The molecule has 0 aliphatic carbocycles. The van der Waals surface area contributed by atoms with Crippen LogP contribution in [0, 0.1) is 0 Å². The first-order valence-electron chi connectivity index (χ1n) is 5.27. The first kappa shape index (κ1) is 13.0. The van der Waals surface area contributed by atoms with E-state index in [0.717, 1.165) is 11.3 Å². The molecule has 16 heavy (non-hydrogen) atoms. The van der Waals surface area contributed by atoms with Crippen LogP contribution in [0.5, 0.6) is 5.75 Å². The Balaban J connectivity index is 3.10. The summed E-state index contributed by atoms with van der Waals surface area (Å²) in [5, 5.41) is 1.74. The number of nitrogens with two attached hydrogens (primary N) is 1. The van der Waals surface area contributed by atoms with Crippen LogP contribution in [0.1, 0.15) is 18.5 Å². The zero-order valence-corrected chi connectivity index (χ0v) is 10.3. The van der Waals surface area contributed by atoms with E-state index in [-0.39, 0.29) is 12.1 Å². The van der Waals surface area contributed by atoms with E-state index in [9.17, 15) is 0 Å². The molecule has 1 aromatic carbocycles. The van der Waals surface area contributed by atoms with E-state index >= 15 is 0 Å². The van der Waals surface area contributed by atoms with Gasteiger partial charge in [-0.1, -0.05) is 18.2 Å². The van der Waals surface area contributed by atoms with Crippen LogP contribution in [-0.4, -0.2) is 32.4 Å². The van der Waals surface area contributed by atoms with Crippen molar-refractivity contribution in [2.24, 2.45) is 5.73 Å². The Morgan fingerprint density at radius 3 is 2.38 bits per heavy atom. The molecular formula is C12H20N2O2. The van der Waals surface area contributed by atoms with Crippen molar-refractivity contribution in [3.8, 4) is 5.75 Å². The molecule has 0 heterocycles. The topological polar surface area (TPSA) is 47.7 Å². The Hall–Kier alpha value is -1.10. The number of para-hydroxylation sites is 1. The molecule has 4 heteroatoms. The van der Waals surface area contributed by atoms with Gasteiger partial charge in [-0.15, -0.1) is 0 Å². The predicted octanol–water partition coefficient (Wildman–Crippen LogP) is 1.58. The molecule has 0 spiro atoms. The number of hydrogen-bond acceptors (Lipinski definition) is 4. The Morgan fingerprint density at radius 1 is 1.25 bits per heavy atom. The first-order chi connectivity index (χ1) is 7.61. The van der Waals surface area contributed by atoms with Crippen LogP contribution in [0.15, 0.2) is 24.3 Å².